The molecule has 0 aromatic heterocycles. The number of carbonyl (C=O) groups excluding carboxylic acids is 8. The number of cyclic esters (lactones) is 4. The maximum Gasteiger partial charge on any atom is 0.330 e. The monoisotopic (exact) mass is 904 g/mol. The standard InChI is InChI=1S/C46H68N2O16/c1-5-37(49)57-29-45(30-58-38(50)6-2)33-61-41(53)19-25-47(26-20-42(54)62-34-45)23-17-15-13-11-9-10-12-14-16-18-24-48-27-21-43(55)63-35-46(31-59-39(51)7-3,32-60-40(52)8-4)36-64-44(56)22-28-48/h5-8H,1-4,9-36H2. The molecule has 358 valence electrons. The van der Waals surface area contributed by atoms with E-state index in [1.165, 1.54) is 0 Å². The van der Waals surface area contributed by atoms with Gasteiger partial charge < -0.3 is 47.7 Å². The van der Waals surface area contributed by atoms with Crippen LogP contribution in [0.1, 0.15) is 89.9 Å². The Hall–Kier alpha value is -5.36. The molecule has 2 aliphatic rings. The van der Waals surface area contributed by atoms with Crippen molar-refractivity contribution in [3.05, 3.63) is 50.6 Å². The van der Waals surface area contributed by atoms with Crippen LogP contribution < -0.4 is 0 Å². The molecule has 0 radical (unpaired) electrons. The van der Waals surface area contributed by atoms with E-state index in [2.05, 4.69) is 36.1 Å². The van der Waals surface area contributed by atoms with Crippen LogP contribution in [-0.4, -0.2) is 150 Å². The Bertz CT molecular complexity index is 1360. The van der Waals surface area contributed by atoms with Crippen LogP contribution in [0.3, 0.4) is 0 Å². The van der Waals surface area contributed by atoms with E-state index in [1.54, 1.807) is 0 Å². The van der Waals surface area contributed by atoms with Gasteiger partial charge in [0.25, 0.3) is 0 Å². The summed E-state index contributed by atoms with van der Waals surface area (Å²) in [4.78, 5) is 102. The number of rotatable bonds is 25. The molecule has 18 nitrogen and oxygen atoms in total. The summed E-state index contributed by atoms with van der Waals surface area (Å²) >= 11 is 0. The Labute approximate surface area is 376 Å². The second kappa shape index (κ2) is 31.5. The van der Waals surface area contributed by atoms with Gasteiger partial charge in [0.15, 0.2) is 0 Å². The minimum absolute atomic E-state index is 0.0876. The molecule has 0 unspecified atom stereocenters. The third kappa shape index (κ3) is 23.9. The molecule has 0 aromatic carbocycles. The molecule has 0 atom stereocenters. The van der Waals surface area contributed by atoms with Crippen molar-refractivity contribution in [2.24, 2.45) is 10.8 Å². The van der Waals surface area contributed by atoms with Gasteiger partial charge in [-0.05, 0) is 25.9 Å². The first kappa shape index (κ1) is 54.8. The Morgan fingerprint density at radius 3 is 0.859 bits per heavy atom. The van der Waals surface area contributed by atoms with Crippen molar-refractivity contribution in [3.8, 4) is 0 Å². The SMILES string of the molecule is C=CC(=O)OCC1(COC(=O)C=C)COC(=O)CCN(CCCCCCCCCCCCN2CCC(=O)OCC(COC(=O)C=C)(COC(=O)C=C)COC(=O)CC2)CCC(=O)OC1. The van der Waals surface area contributed by atoms with Gasteiger partial charge in [-0.2, -0.15) is 0 Å². The molecule has 2 aliphatic heterocycles. The Kier molecular flexibility index (Phi) is 26.9. The first-order valence-corrected chi connectivity index (χ1v) is 22.0. The van der Waals surface area contributed by atoms with Crippen LogP contribution in [0.2, 0.25) is 0 Å². The van der Waals surface area contributed by atoms with Crippen LogP contribution in [0.15, 0.2) is 50.6 Å². The van der Waals surface area contributed by atoms with E-state index < -0.39 is 58.6 Å². The van der Waals surface area contributed by atoms with E-state index in [-0.39, 0.29) is 78.5 Å². The van der Waals surface area contributed by atoms with Crippen LogP contribution >= 0.6 is 0 Å². The zero-order chi connectivity index (χ0) is 47.1. The van der Waals surface area contributed by atoms with Gasteiger partial charge in [0, 0.05) is 50.5 Å². The molecule has 2 heterocycles. The van der Waals surface area contributed by atoms with E-state index in [4.69, 9.17) is 37.9 Å². The number of unbranched alkanes of at least 4 members (excludes halogenated alkanes) is 9. The van der Waals surface area contributed by atoms with Gasteiger partial charge in [-0.3, -0.25) is 19.2 Å². The summed E-state index contributed by atoms with van der Waals surface area (Å²) in [7, 11) is 0. The Morgan fingerprint density at radius 1 is 0.422 bits per heavy atom. The molecule has 2 rings (SSSR count). The Morgan fingerprint density at radius 2 is 0.641 bits per heavy atom. The summed E-state index contributed by atoms with van der Waals surface area (Å²) in [5.74, 6) is -4.88. The number of ether oxygens (including phenoxy) is 8. The highest BCUT2D eigenvalue weighted by molar-refractivity contribution is 5.82. The number of hydrogen-bond acceptors (Lipinski definition) is 18. The third-order valence-electron chi connectivity index (χ3n) is 10.6. The summed E-state index contributed by atoms with van der Waals surface area (Å²) in [6, 6.07) is 0. The van der Waals surface area contributed by atoms with Gasteiger partial charge in [0.05, 0.1) is 25.7 Å². The molecular formula is C46H68N2O16. The number of nitrogens with zero attached hydrogens (tertiary/aromatic N) is 2. The van der Waals surface area contributed by atoms with Gasteiger partial charge in [0.2, 0.25) is 0 Å². The quantitative estimate of drug-likeness (QED) is 0.0544. The van der Waals surface area contributed by atoms with Crippen LogP contribution in [0.25, 0.3) is 0 Å². The Balaban J connectivity index is 1.69. The summed E-state index contributed by atoms with van der Waals surface area (Å²) in [6.45, 7) is 13.8. The predicted octanol–water partition coefficient (Wildman–Crippen LogP) is 4.14. The normalized spacial score (nSPS) is 17.9. The second-order valence-electron chi connectivity index (χ2n) is 16.1. The highest BCUT2D eigenvalue weighted by Gasteiger charge is 2.39. The van der Waals surface area contributed by atoms with Crippen molar-refractivity contribution in [1.82, 2.24) is 9.80 Å². The van der Waals surface area contributed by atoms with Crippen molar-refractivity contribution in [2.45, 2.75) is 89.9 Å². The molecule has 0 N–H and O–H groups in total. The highest BCUT2D eigenvalue weighted by Crippen LogP contribution is 2.24. The average molecular weight is 905 g/mol. The third-order valence-corrected chi connectivity index (χ3v) is 10.6. The van der Waals surface area contributed by atoms with E-state index in [0.29, 0.717) is 39.3 Å². The molecule has 0 bridgehead atoms. The lowest BCUT2D eigenvalue weighted by atomic mass is 9.92. The molecule has 0 spiro atoms. The van der Waals surface area contributed by atoms with Crippen LogP contribution in [0.4, 0.5) is 0 Å². The highest BCUT2D eigenvalue weighted by atomic mass is 16.6. The summed E-state index contributed by atoms with van der Waals surface area (Å²) < 4.78 is 42.7. The van der Waals surface area contributed by atoms with E-state index >= 15 is 0 Å². The summed E-state index contributed by atoms with van der Waals surface area (Å²) in [5, 5.41) is 0. The fourth-order valence-electron chi connectivity index (χ4n) is 6.61. The maximum absolute atomic E-state index is 12.7. The van der Waals surface area contributed by atoms with Crippen LogP contribution in [0.5, 0.6) is 0 Å². The average Bonchev–Trinajstić information content (AvgIpc) is 3.30. The fourth-order valence-corrected chi connectivity index (χ4v) is 6.61. The van der Waals surface area contributed by atoms with Crippen LogP contribution in [-0.2, 0) is 76.3 Å². The summed E-state index contributed by atoms with van der Waals surface area (Å²) in [6.07, 6.45) is 14.6. The van der Waals surface area contributed by atoms with Gasteiger partial charge in [-0.15, -0.1) is 0 Å². The topological polar surface area (TPSA) is 217 Å². The predicted molar refractivity (Wildman–Crippen MR) is 231 cm³/mol. The lowest BCUT2D eigenvalue weighted by molar-refractivity contribution is -0.171. The van der Waals surface area contributed by atoms with Gasteiger partial charge in [0.1, 0.15) is 63.7 Å². The van der Waals surface area contributed by atoms with Crippen molar-refractivity contribution in [2.75, 3.05) is 92.1 Å². The number of esters is 8. The molecule has 2 fully saturated rings. The molecular weight excluding hydrogens is 837 g/mol. The van der Waals surface area contributed by atoms with Crippen molar-refractivity contribution in [3.63, 3.8) is 0 Å². The molecule has 2 saturated heterocycles. The molecule has 0 aliphatic carbocycles. The molecule has 0 aromatic rings. The van der Waals surface area contributed by atoms with E-state index in [0.717, 1.165) is 88.5 Å². The molecule has 64 heavy (non-hydrogen) atoms. The maximum atomic E-state index is 12.7. The fraction of sp³-hybridized carbons (Fsp3) is 0.652. The lowest BCUT2D eigenvalue weighted by Crippen LogP contribution is -2.44. The van der Waals surface area contributed by atoms with E-state index in [9.17, 15) is 38.4 Å². The molecule has 18 heteroatoms. The largest absolute Gasteiger partial charge is 0.465 e. The second-order valence-corrected chi connectivity index (χ2v) is 16.1. The minimum atomic E-state index is -1.31. The minimum Gasteiger partial charge on any atom is -0.465 e. The van der Waals surface area contributed by atoms with Gasteiger partial charge in [-0.25, -0.2) is 19.2 Å². The first-order chi connectivity index (χ1) is 30.8. The number of hydrogen-bond donors (Lipinski definition) is 0. The molecule has 0 saturated carbocycles. The zero-order valence-corrected chi connectivity index (χ0v) is 37.4. The van der Waals surface area contributed by atoms with Crippen molar-refractivity contribution in [1.29, 1.82) is 0 Å². The molecule has 0 amide bonds. The zero-order valence-electron chi connectivity index (χ0n) is 37.4. The number of carbonyl (C=O) groups is 8. The van der Waals surface area contributed by atoms with Crippen molar-refractivity contribution < 1.29 is 76.3 Å². The first-order valence-electron chi connectivity index (χ1n) is 22.0. The lowest BCUT2D eigenvalue weighted by Gasteiger charge is -2.32. The van der Waals surface area contributed by atoms with Crippen molar-refractivity contribution >= 4 is 47.8 Å². The summed E-state index contributed by atoms with van der Waals surface area (Å²) in [5.41, 5.74) is -2.62. The van der Waals surface area contributed by atoms with Crippen LogP contribution in [0, 0.1) is 10.8 Å². The smallest absolute Gasteiger partial charge is 0.330 e. The van der Waals surface area contributed by atoms with Gasteiger partial charge in [-0.1, -0.05) is 77.7 Å². The van der Waals surface area contributed by atoms with Gasteiger partial charge >= 0.3 is 47.8 Å². The van der Waals surface area contributed by atoms with E-state index in [1.807, 2.05) is 0 Å².